The molecule has 0 fully saturated rings. The van der Waals surface area contributed by atoms with Crippen molar-refractivity contribution in [2.24, 2.45) is 0 Å². The number of H-pyrrole nitrogens is 1. The van der Waals surface area contributed by atoms with Crippen LogP contribution >= 0.6 is 0 Å². The first-order chi connectivity index (χ1) is 12.5. The van der Waals surface area contributed by atoms with Crippen molar-refractivity contribution < 1.29 is 14.1 Å². The van der Waals surface area contributed by atoms with Crippen LogP contribution in [0.1, 0.15) is 18.0 Å². The summed E-state index contributed by atoms with van der Waals surface area (Å²) in [6.07, 6.45) is 0.455. The van der Waals surface area contributed by atoms with Crippen molar-refractivity contribution in [3.8, 4) is 17.1 Å². The number of hydrogen-bond donors (Lipinski definition) is 2. The van der Waals surface area contributed by atoms with Crippen LogP contribution in [0, 0.1) is 6.92 Å². The Balaban J connectivity index is 1.58. The number of amides is 1. The molecule has 0 atom stereocenters. The van der Waals surface area contributed by atoms with Crippen molar-refractivity contribution in [1.29, 1.82) is 0 Å². The van der Waals surface area contributed by atoms with Gasteiger partial charge in [-0.25, -0.2) is 0 Å². The van der Waals surface area contributed by atoms with Gasteiger partial charge in [0.2, 0.25) is 17.6 Å². The first-order valence-electron chi connectivity index (χ1n) is 8.02. The first kappa shape index (κ1) is 17.4. The lowest BCUT2D eigenvalue weighted by atomic mass is 10.2. The Kier molecular flexibility index (Phi) is 5.12. The highest BCUT2D eigenvalue weighted by Crippen LogP contribution is 2.16. The van der Waals surface area contributed by atoms with E-state index in [1.165, 1.54) is 0 Å². The van der Waals surface area contributed by atoms with Gasteiger partial charge in [-0.05, 0) is 43.3 Å². The van der Waals surface area contributed by atoms with Gasteiger partial charge >= 0.3 is 0 Å². The molecule has 0 aliphatic carbocycles. The number of carbonyl (C=O) groups excluding carboxylic acids is 1. The summed E-state index contributed by atoms with van der Waals surface area (Å²) in [5.41, 5.74) is 1.47. The summed E-state index contributed by atoms with van der Waals surface area (Å²) >= 11 is 0. The van der Waals surface area contributed by atoms with E-state index in [1.807, 2.05) is 0 Å². The zero-order valence-corrected chi connectivity index (χ0v) is 14.4. The lowest BCUT2D eigenvalue weighted by molar-refractivity contribution is -0.116. The fraction of sp³-hybridized carbons (Fsp3) is 0.222. The molecule has 0 spiro atoms. The number of aryl methyl sites for hydroxylation is 2. The summed E-state index contributed by atoms with van der Waals surface area (Å²) < 4.78 is 10.2. The van der Waals surface area contributed by atoms with Crippen molar-refractivity contribution in [1.82, 2.24) is 15.1 Å². The third-order valence-corrected chi connectivity index (χ3v) is 3.70. The van der Waals surface area contributed by atoms with E-state index >= 15 is 0 Å². The second-order valence-corrected chi connectivity index (χ2v) is 5.67. The minimum Gasteiger partial charge on any atom is -0.497 e. The smallest absolute Gasteiger partial charge is 0.259 e. The fourth-order valence-corrected chi connectivity index (χ4v) is 2.33. The molecule has 0 saturated heterocycles. The highest BCUT2D eigenvalue weighted by atomic mass is 16.5. The first-order valence-corrected chi connectivity index (χ1v) is 8.02. The van der Waals surface area contributed by atoms with Crippen molar-refractivity contribution >= 4 is 11.6 Å². The van der Waals surface area contributed by atoms with Gasteiger partial charge < -0.3 is 19.6 Å². The Morgan fingerprint density at radius 3 is 2.69 bits per heavy atom. The summed E-state index contributed by atoms with van der Waals surface area (Å²) in [5, 5.41) is 6.58. The molecule has 2 N–H and O–H groups in total. The maximum atomic E-state index is 12.0. The summed E-state index contributed by atoms with van der Waals surface area (Å²) in [6.45, 7) is 1.79. The monoisotopic (exact) mass is 354 g/mol. The quantitative estimate of drug-likeness (QED) is 0.703. The van der Waals surface area contributed by atoms with Crippen LogP contribution in [0.15, 0.2) is 45.7 Å². The summed E-state index contributed by atoms with van der Waals surface area (Å²) in [5.74, 6) is 1.04. The van der Waals surface area contributed by atoms with E-state index in [2.05, 4.69) is 20.4 Å². The highest BCUT2D eigenvalue weighted by Gasteiger charge is 2.13. The number of aromatic amines is 1. The van der Waals surface area contributed by atoms with Gasteiger partial charge in [-0.3, -0.25) is 9.59 Å². The Bertz CT molecular complexity index is 960. The number of rotatable bonds is 6. The van der Waals surface area contributed by atoms with Gasteiger partial charge in [0.05, 0.1) is 12.7 Å². The molecular weight excluding hydrogens is 336 g/mol. The Hall–Kier alpha value is -3.42. The van der Waals surface area contributed by atoms with Crippen LogP contribution in [-0.4, -0.2) is 28.1 Å². The van der Waals surface area contributed by atoms with Crippen molar-refractivity contribution in [3.63, 3.8) is 0 Å². The molecular formula is C18H18N4O4. The van der Waals surface area contributed by atoms with Crippen LogP contribution in [0.25, 0.3) is 11.4 Å². The maximum absolute atomic E-state index is 12.0. The van der Waals surface area contributed by atoms with Gasteiger partial charge in [0.1, 0.15) is 5.75 Å². The van der Waals surface area contributed by atoms with Crippen LogP contribution in [0.5, 0.6) is 5.75 Å². The SMILES string of the molecule is COc1ccc(NC(=O)CCc2nc(-c3ccc(C)[nH]c3=O)no2)cc1. The molecule has 0 unspecified atom stereocenters. The molecule has 8 heteroatoms. The molecule has 3 rings (SSSR count). The predicted molar refractivity (Wildman–Crippen MR) is 95.0 cm³/mol. The third-order valence-electron chi connectivity index (χ3n) is 3.70. The number of nitrogens with zero attached hydrogens (tertiary/aromatic N) is 2. The number of aromatic nitrogens is 3. The number of hydrogen-bond acceptors (Lipinski definition) is 6. The number of methoxy groups -OCH3 is 1. The lowest BCUT2D eigenvalue weighted by Crippen LogP contribution is -2.12. The molecule has 8 nitrogen and oxygen atoms in total. The molecule has 1 amide bonds. The molecule has 26 heavy (non-hydrogen) atoms. The molecule has 0 aliphatic heterocycles. The summed E-state index contributed by atoms with van der Waals surface area (Å²) in [6, 6.07) is 10.4. The second-order valence-electron chi connectivity index (χ2n) is 5.67. The second kappa shape index (κ2) is 7.64. The molecule has 2 heterocycles. The minimum atomic E-state index is -0.283. The van der Waals surface area contributed by atoms with Crippen molar-refractivity contribution in [2.45, 2.75) is 19.8 Å². The number of ether oxygens (including phenoxy) is 1. The fourth-order valence-electron chi connectivity index (χ4n) is 2.33. The van der Waals surface area contributed by atoms with Crippen molar-refractivity contribution in [3.05, 3.63) is 58.3 Å². The topological polar surface area (TPSA) is 110 Å². The van der Waals surface area contributed by atoms with Gasteiger partial charge in [0, 0.05) is 24.2 Å². The van der Waals surface area contributed by atoms with Crippen LogP contribution < -0.4 is 15.6 Å². The van der Waals surface area contributed by atoms with Gasteiger partial charge in [0.25, 0.3) is 5.56 Å². The third kappa shape index (κ3) is 4.15. The van der Waals surface area contributed by atoms with Crippen molar-refractivity contribution in [2.75, 3.05) is 12.4 Å². The largest absolute Gasteiger partial charge is 0.497 e. The standard InChI is InChI=1S/C18H18N4O4/c1-11-3-8-14(18(24)19-11)17-21-16(26-22-17)10-9-15(23)20-12-4-6-13(25-2)7-5-12/h3-8H,9-10H2,1-2H3,(H,19,24)(H,20,23). The Morgan fingerprint density at radius 2 is 2.00 bits per heavy atom. The zero-order chi connectivity index (χ0) is 18.5. The molecule has 2 aromatic heterocycles. The molecule has 1 aromatic carbocycles. The Morgan fingerprint density at radius 1 is 1.23 bits per heavy atom. The highest BCUT2D eigenvalue weighted by molar-refractivity contribution is 5.90. The number of carbonyl (C=O) groups is 1. The van der Waals surface area contributed by atoms with E-state index in [0.29, 0.717) is 22.9 Å². The van der Waals surface area contributed by atoms with E-state index in [9.17, 15) is 9.59 Å². The molecule has 0 bridgehead atoms. The van der Waals surface area contributed by atoms with Gasteiger partial charge in [-0.15, -0.1) is 0 Å². The van der Waals surface area contributed by atoms with E-state index in [4.69, 9.17) is 9.26 Å². The normalized spacial score (nSPS) is 10.5. The van der Waals surface area contributed by atoms with Crippen LogP contribution in [0.2, 0.25) is 0 Å². The van der Waals surface area contributed by atoms with Gasteiger partial charge in [-0.1, -0.05) is 5.16 Å². The van der Waals surface area contributed by atoms with E-state index in [-0.39, 0.29) is 30.1 Å². The maximum Gasteiger partial charge on any atom is 0.259 e. The summed E-state index contributed by atoms with van der Waals surface area (Å²) in [4.78, 5) is 30.8. The molecule has 0 radical (unpaired) electrons. The van der Waals surface area contributed by atoms with E-state index in [1.54, 1.807) is 50.4 Å². The number of nitrogens with one attached hydrogen (secondary N) is 2. The van der Waals surface area contributed by atoms with Crippen LogP contribution in [0.3, 0.4) is 0 Å². The predicted octanol–water partition coefficient (Wildman–Crippen LogP) is 2.31. The lowest BCUT2D eigenvalue weighted by Gasteiger charge is -2.05. The number of benzene rings is 1. The molecule has 0 saturated carbocycles. The Labute approximate surface area is 149 Å². The molecule has 3 aromatic rings. The molecule has 0 aliphatic rings. The van der Waals surface area contributed by atoms with E-state index in [0.717, 1.165) is 5.69 Å². The number of anilines is 1. The number of pyridine rings is 1. The van der Waals surface area contributed by atoms with Crippen LogP contribution in [-0.2, 0) is 11.2 Å². The average Bonchev–Trinajstić information content (AvgIpc) is 3.09. The average molecular weight is 354 g/mol. The van der Waals surface area contributed by atoms with Gasteiger partial charge in [-0.2, -0.15) is 4.98 Å². The molecule has 134 valence electrons. The van der Waals surface area contributed by atoms with E-state index < -0.39 is 0 Å². The minimum absolute atomic E-state index is 0.178. The van der Waals surface area contributed by atoms with Gasteiger partial charge in [0.15, 0.2) is 0 Å². The van der Waals surface area contributed by atoms with Crippen LogP contribution in [0.4, 0.5) is 5.69 Å². The zero-order valence-electron chi connectivity index (χ0n) is 14.4. The summed E-state index contributed by atoms with van der Waals surface area (Å²) in [7, 11) is 1.58.